The Morgan fingerprint density at radius 3 is 1.90 bits per heavy atom. The van der Waals surface area contributed by atoms with Gasteiger partial charge in [-0.1, -0.05) is 96.1 Å². The number of hydrogen-bond acceptors (Lipinski definition) is 3. The normalized spacial score (nSPS) is 10.9. The summed E-state index contributed by atoms with van der Waals surface area (Å²) >= 11 is 0. The van der Waals surface area contributed by atoms with Gasteiger partial charge in [-0.3, -0.25) is 14.4 Å². The van der Waals surface area contributed by atoms with Gasteiger partial charge in [0.25, 0.3) is 5.91 Å². The number of hydroxylamine groups is 2. The van der Waals surface area contributed by atoms with Gasteiger partial charge in [-0.25, -0.2) is 5.06 Å². The van der Waals surface area contributed by atoms with Crippen LogP contribution in [-0.2, 0) is 16.1 Å². The Balaban J connectivity index is 2.16. The van der Waals surface area contributed by atoms with Gasteiger partial charge in [0.2, 0.25) is 0 Å². The van der Waals surface area contributed by atoms with Crippen LogP contribution in [0.1, 0.15) is 106 Å². The van der Waals surface area contributed by atoms with Crippen LogP contribution in [0.4, 0.5) is 0 Å². The van der Waals surface area contributed by atoms with E-state index in [-0.39, 0.29) is 0 Å². The number of hydrogen-bond donors (Lipinski definition) is 1. The zero-order valence-electron chi connectivity index (χ0n) is 19.0. The second kappa shape index (κ2) is 16.9. The molecule has 0 spiro atoms. The van der Waals surface area contributed by atoms with Crippen LogP contribution in [0, 0.1) is 0 Å². The number of carboxylic acid groups (broad SMARTS) is 1. The van der Waals surface area contributed by atoms with E-state index < -0.39 is 18.4 Å². The second-order valence-corrected chi connectivity index (χ2v) is 8.11. The number of aliphatic carboxylic acids is 1. The summed E-state index contributed by atoms with van der Waals surface area (Å²) in [5.74, 6) is -1.53. The predicted molar refractivity (Wildman–Crippen MR) is 122 cm³/mol. The van der Waals surface area contributed by atoms with Crippen molar-refractivity contribution in [1.82, 2.24) is 5.06 Å². The van der Waals surface area contributed by atoms with Crippen molar-refractivity contribution in [2.75, 3.05) is 13.7 Å². The molecule has 1 amide bonds. The van der Waals surface area contributed by atoms with E-state index in [2.05, 4.69) is 6.92 Å². The van der Waals surface area contributed by atoms with Crippen molar-refractivity contribution in [2.45, 2.75) is 96.8 Å². The Kier molecular flexibility index (Phi) is 14.7. The van der Waals surface area contributed by atoms with E-state index in [1.54, 1.807) is 6.07 Å². The molecule has 0 atom stereocenters. The highest BCUT2D eigenvalue weighted by atomic mass is 16.7. The third kappa shape index (κ3) is 12.0. The lowest BCUT2D eigenvalue weighted by Crippen LogP contribution is -2.34. The third-order valence-electron chi connectivity index (χ3n) is 5.47. The lowest BCUT2D eigenvalue weighted by atomic mass is 10.0. The number of amides is 1. The van der Waals surface area contributed by atoms with Crippen LogP contribution in [0.15, 0.2) is 24.3 Å². The molecule has 1 N–H and O–H groups in total. The monoisotopic (exact) mass is 419 g/mol. The Bertz CT molecular complexity index is 603. The highest BCUT2D eigenvalue weighted by Gasteiger charge is 2.18. The standard InChI is InChI=1S/C25H41NO4/c1-3-4-5-6-7-8-9-10-11-12-13-14-15-17-22-18-16-19-23(20-22)25(29)26(30-2)21-24(27)28/h16,18-20H,3-15,17,21H2,1-2H3,(H,27,28). The summed E-state index contributed by atoms with van der Waals surface area (Å²) in [5.41, 5.74) is 1.57. The largest absolute Gasteiger partial charge is 0.480 e. The summed E-state index contributed by atoms with van der Waals surface area (Å²) in [5, 5.41) is 9.75. The third-order valence-corrected chi connectivity index (χ3v) is 5.47. The molecule has 0 radical (unpaired) electrons. The van der Waals surface area contributed by atoms with Gasteiger partial charge in [0.15, 0.2) is 0 Å². The molecule has 1 aromatic rings. The van der Waals surface area contributed by atoms with Crippen molar-refractivity contribution in [3.05, 3.63) is 35.4 Å². The van der Waals surface area contributed by atoms with Gasteiger partial charge < -0.3 is 5.11 Å². The minimum absolute atomic E-state index is 0.424. The number of carbonyl (C=O) groups excluding carboxylic acids is 1. The molecule has 5 heteroatoms. The number of nitrogens with zero attached hydrogens (tertiary/aromatic N) is 1. The maximum Gasteiger partial charge on any atom is 0.325 e. The zero-order valence-corrected chi connectivity index (χ0v) is 19.0. The molecule has 0 aliphatic carbocycles. The van der Waals surface area contributed by atoms with E-state index in [9.17, 15) is 9.59 Å². The first-order valence-electron chi connectivity index (χ1n) is 11.7. The highest BCUT2D eigenvalue weighted by Crippen LogP contribution is 2.15. The molecule has 0 heterocycles. The molecule has 0 aliphatic heterocycles. The summed E-state index contributed by atoms with van der Waals surface area (Å²) < 4.78 is 0. The summed E-state index contributed by atoms with van der Waals surface area (Å²) in [7, 11) is 1.30. The van der Waals surface area contributed by atoms with Gasteiger partial charge in [0, 0.05) is 5.56 Å². The van der Waals surface area contributed by atoms with Crippen LogP contribution < -0.4 is 0 Å². The molecule has 30 heavy (non-hydrogen) atoms. The molecule has 0 bridgehead atoms. The first-order chi connectivity index (χ1) is 14.6. The fraction of sp³-hybridized carbons (Fsp3) is 0.680. The maximum atomic E-state index is 12.4. The summed E-state index contributed by atoms with van der Waals surface area (Å²) in [6, 6.07) is 7.41. The SMILES string of the molecule is CCCCCCCCCCCCCCCc1cccc(C(=O)N(CC(=O)O)OC)c1. The first-order valence-corrected chi connectivity index (χ1v) is 11.7. The number of rotatable bonds is 18. The molecule has 0 saturated heterocycles. The van der Waals surface area contributed by atoms with Crippen molar-refractivity contribution in [3.63, 3.8) is 0 Å². The lowest BCUT2D eigenvalue weighted by Gasteiger charge is -2.17. The van der Waals surface area contributed by atoms with Gasteiger partial charge in [0.1, 0.15) is 6.54 Å². The predicted octanol–water partition coefficient (Wildman–Crippen LogP) is 6.41. The number of benzene rings is 1. The van der Waals surface area contributed by atoms with Crippen LogP contribution in [0.3, 0.4) is 0 Å². The molecule has 0 aliphatic rings. The van der Waals surface area contributed by atoms with Gasteiger partial charge in [-0.2, -0.15) is 0 Å². The molecule has 0 fully saturated rings. The number of carbonyl (C=O) groups is 2. The number of aryl methyl sites for hydroxylation is 1. The van der Waals surface area contributed by atoms with Crippen LogP contribution >= 0.6 is 0 Å². The minimum atomic E-state index is -1.10. The summed E-state index contributed by atoms with van der Waals surface area (Å²) in [6.45, 7) is 1.79. The molecule has 0 aromatic heterocycles. The Morgan fingerprint density at radius 2 is 1.40 bits per heavy atom. The van der Waals surface area contributed by atoms with Gasteiger partial charge in [-0.05, 0) is 30.5 Å². The van der Waals surface area contributed by atoms with Crippen molar-refractivity contribution in [3.8, 4) is 0 Å². The fourth-order valence-corrected chi connectivity index (χ4v) is 3.69. The van der Waals surface area contributed by atoms with Crippen molar-refractivity contribution < 1.29 is 19.5 Å². The molecule has 5 nitrogen and oxygen atoms in total. The molecule has 0 unspecified atom stereocenters. The average Bonchev–Trinajstić information content (AvgIpc) is 2.75. The Hall–Kier alpha value is -1.88. The van der Waals surface area contributed by atoms with Crippen molar-refractivity contribution in [1.29, 1.82) is 0 Å². The highest BCUT2D eigenvalue weighted by molar-refractivity contribution is 5.95. The van der Waals surface area contributed by atoms with Gasteiger partial charge in [0.05, 0.1) is 7.11 Å². The molecule has 1 aromatic carbocycles. The topological polar surface area (TPSA) is 66.8 Å². The fourth-order valence-electron chi connectivity index (χ4n) is 3.69. The second-order valence-electron chi connectivity index (χ2n) is 8.11. The Morgan fingerprint density at radius 1 is 0.867 bits per heavy atom. The van der Waals surface area contributed by atoms with E-state index in [1.807, 2.05) is 18.2 Å². The molecular formula is C25H41NO4. The minimum Gasteiger partial charge on any atom is -0.480 e. The first kappa shape index (κ1) is 26.2. The van der Waals surface area contributed by atoms with Crippen molar-refractivity contribution in [2.24, 2.45) is 0 Å². The zero-order chi connectivity index (χ0) is 22.0. The maximum absolute atomic E-state index is 12.4. The Labute approximate surface area is 182 Å². The van der Waals surface area contributed by atoms with Gasteiger partial charge in [-0.15, -0.1) is 0 Å². The number of unbranched alkanes of at least 4 members (excludes halogenated alkanes) is 12. The van der Waals surface area contributed by atoms with Gasteiger partial charge >= 0.3 is 5.97 Å². The van der Waals surface area contributed by atoms with Crippen LogP contribution in [0.2, 0.25) is 0 Å². The van der Waals surface area contributed by atoms with E-state index in [4.69, 9.17) is 9.94 Å². The average molecular weight is 420 g/mol. The molecule has 170 valence electrons. The quantitative estimate of drug-likeness (QED) is 0.220. The van der Waals surface area contributed by atoms with E-state index in [1.165, 1.54) is 84.2 Å². The summed E-state index contributed by atoms with van der Waals surface area (Å²) in [6.07, 6.45) is 18.2. The van der Waals surface area contributed by atoms with Crippen LogP contribution in [0.25, 0.3) is 0 Å². The smallest absolute Gasteiger partial charge is 0.325 e. The van der Waals surface area contributed by atoms with E-state index >= 15 is 0 Å². The van der Waals surface area contributed by atoms with Crippen molar-refractivity contribution >= 4 is 11.9 Å². The van der Waals surface area contributed by atoms with E-state index in [0.717, 1.165) is 23.5 Å². The lowest BCUT2D eigenvalue weighted by molar-refractivity contribution is -0.151. The summed E-state index contributed by atoms with van der Waals surface area (Å²) in [4.78, 5) is 28.1. The number of carboxylic acids is 1. The molecular weight excluding hydrogens is 378 g/mol. The van der Waals surface area contributed by atoms with Crippen LogP contribution in [-0.4, -0.2) is 35.7 Å². The molecule has 1 rings (SSSR count). The van der Waals surface area contributed by atoms with Crippen LogP contribution in [0.5, 0.6) is 0 Å². The van der Waals surface area contributed by atoms with E-state index in [0.29, 0.717) is 5.56 Å². The molecule has 0 saturated carbocycles.